The fourth-order valence-corrected chi connectivity index (χ4v) is 6.16. The molecule has 1 amide bonds. The Hall–Kier alpha value is -3.15. The molecule has 0 aromatic heterocycles. The fraction of sp³-hybridized carbons (Fsp3) is 0.406. The number of aliphatic hydroxyl groups is 4. The molecule has 42 heavy (non-hydrogen) atoms. The Labute approximate surface area is 246 Å². The topological polar surface area (TPSA) is 135 Å². The Balaban J connectivity index is 1.53. The van der Waals surface area contributed by atoms with Crippen molar-refractivity contribution in [2.75, 3.05) is 30.1 Å². The molecule has 8 nitrogen and oxygen atoms in total. The van der Waals surface area contributed by atoms with Gasteiger partial charge < -0.3 is 25.3 Å². The summed E-state index contributed by atoms with van der Waals surface area (Å²) in [5.74, 6) is -0.776. The number of hydrogen-bond acceptors (Lipinski definition) is 7. The molecule has 4 N–H and O–H groups in total. The molecule has 0 radical (unpaired) electrons. The number of β-lactam (4-membered cyclic amide) rings is 1. The summed E-state index contributed by atoms with van der Waals surface area (Å²) < 4.78 is 36.1. The van der Waals surface area contributed by atoms with Crippen LogP contribution in [0.25, 0.3) is 0 Å². The Kier molecular flexibility index (Phi) is 10.2. The number of aliphatic hydroxyl groups excluding tert-OH is 3. The lowest BCUT2D eigenvalue weighted by atomic mass is 9.77. The number of halogens is 1. The van der Waals surface area contributed by atoms with Gasteiger partial charge in [-0.2, -0.15) is 0 Å². The van der Waals surface area contributed by atoms with Gasteiger partial charge >= 0.3 is 0 Å². The fourth-order valence-electron chi connectivity index (χ4n) is 5.43. The summed E-state index contributed by atoms with van der Waals surface area (Å²) in [7, 11) is -2.99. The molecule has 0 bridgehead atoms. The van der Waals surface area contributed by atoms with Gasteiger partial charge in [0.2, 0.25) is 5.91 Å². The highest BCUT2D eigenvalue weighted by Gasteiger charge is 2.48. The minimum Gasteiger partial charge on any atom is -0.393 e. The molecule has 1 aliphatic rings. The summed E-state index contributed by atoms with van der Waals surface area (Å²) in [6.45, 7) is -1.30. The Morgan fingerprint density at radius 3 is 2.12 bits per heavy atom. The highest BCUT2D eigenvalue weighted by atomic mass is 32.2. The maximum Gasteiger partial charge on any atom is 0.233 e. The van der Waals surface area contributed by atoms with Crippen molar-refractivity contribution in [2.24, 2.45) is 5.92 Å². The minimum atomic E-state index is -2.99. The van der Waals surface area contributed by atoms with Crippen LogP contribution in [0.3, 0.4) is 0 Å². The first-order valence-electron chi connectivity index (χ1n) is 14.0. The zero-order chi connectivity index (χ0) is 30.5. The van der Waals surface area contributed by atoms with E-state index < -0.39 is 46.5 Å². The van der Waals surface area contributed by atoms with E-state index in [1.807, 2.05) is 24.3 Å². The number of rotatable bonds is 14. The predicted octanol–water partition coefficient (Wildman–Crippen LogP) is 3.58. The van der Waals surface area contributed by atoms with Crippen molar-refractivity contribution < 1.29 is 38.0 Å². The van der Waals surface area contributed by atoms with Crippen LogP contribution in [0.2, 0.25) is 0 Å². The molecule has 1 heterocycles. The van der Waals surface area contributed by atoms with Crippen molar-refractivity contribution in [3.63, 3.8) is 0 Å². The van der Waals surface area contributed by atoms with Crippen LogP contribution in [-0.4, -0.2) is 60.0 Å². The Bertz CT molecular complexity index is 1440. The van der Waals surface area contributed by atoms with E-state index >= 15 is 0 Å². The number of nitrogens with zero attached hydrogens (tertiary/aromatic N) is 1. The molecular formula is C32H38FNO7S. The average molecular weight is 600 g/mol. The van der Waals surface area contributed by atoms with E-state index in [0.717, 1.165) is 24.0 Å². The van der Waals surface area contributed by atoms with Gasteiger partial charge in [-0.25, -0.2) is 12.8 Å². The number of sulfone groups is 1. The van der Waals surface area contributed by atoms with Crippen molar-refractivity contribution in [2.45, 2.75) is 49.9 Å². The van der Waals surface area contributed by atoms with Crippen molar-refractivity contribution in [3.05, 3.63) is 101 Å². The first-order valence-corrected chi connectivity index (χ1v) is 16.1. The van der Waals surface area contributed by atoms with Crippen LogP contribution in [0.15, 0.2) is 72.8 Å². The van der Waals surface area contributed by atoms with Crippen LogP contribution in [0.5, 0.6) is 0 Å². The zero-order valence-corrected chi connectivity index (χ0v) is 24.4. The number of carbonyl (C=O) groups is 1. The lowest BCUT2D eigenvalue weighted by molar-refractivity contribution is -0.131. The summed E-state index contributed by atoms with van der Waals surface area (Å²) >= 11 is 0. The van der Waals surface area contributed by atoms with E-state index in [0.29, 0.717) is 36.1 Å². The number of carbonyl (C=O) groups excluding carboxylic acids is 1. The van der Waals surface area contributed by atoms with E-state index in [1.165, 1.54) is 30.5 Å². The number of aryl methyl sites for hydroxylation is 1. The highest BCUT2D eigenvalue weighted by molar-refractivity contribution is 7.90. The molecular weight excluding hydrogens is 561 g/mol. The van der Waals surface area contributed by atoms with Crippen molar-refractivity contribution in [1.29, 1.82) is 0 Å². The van der Waals surface area contributed by atoms with Gasteiger partial charge in [0.05, 0.1) is 31.3 Å². The quantitative estimate of drug-likeness (QED) is 0.164. The van der Waals surface area contributed by atoms with Crippen molar-refractivity contribution >= 4 is 21.4 Å². The monoisotopic (exact) mass is 599 g/mol. The molecule has 4 rings (SSSR count). The van der Waals surface area contributed by atoms with Gasteiger partial charge in [-0.05, 0) is 78.6 Å². The summed E-state index contributed by atoms with van der Waals surface area (Å²) in [4.78, 5) is 15.2. The molecule has 3 aromatic rings. The number of hydrogen-bond donors (Lipinski definition) is 4. The molecule has 10 heteroatoms. The van der Waals surface area contributed by atoms with E-state index in [2.05, 4.69) is 0 Å². The summed E-state index contributed by atoms with van der Waals surface area (Å²) in [5.41, 5.74) is 1.66. The molecule has 3 aromatic carbocycles. The van der Waals surface area contributed by atoms with E-state index in [4.69, 9.17) is 0 Å². The van der Waals surface area contributed by atoms with Gasteiger partial charge in [-0.1, -0.05) is 48.5 Å². The number of unbranched alkanes of at least 4 members (excludes halogenated alkanes) is 1. The molecule has 0 unspecified atom stereocenters. The number of anilines is 1. The van der Waals surface area contributed by atoms with Gasteiger partial charge in [0.15, 0.2) is 0 Å². The minimum absolute atomic E-state index is 0.0986. The van der Waals surface area contributed by atoms with Gasteiger partial charge in [0, 0.05) is 17.7 Å². The first-order chi connectivity index (χ1) is 20.0. The SMILES string of the molecule is CS(=O)(=O)CCCCc1ccc(N2C(=O)[C@H](CC[C@H](O)c3ccc(F)cc3)[C@H]2c2ccc(C(O)(CO)CO)cc2)cc1. The second kappa shape index (κ2) is 13.4. The molecule has 0 saturated carbocycles. The predicted molar refractivity (Wildman–Crippen MR) is 158 cm³/mol. The zero-order valence-electron chi connectivity index (χ0n) is 23.6. The Morgan fingerprint density at radius 2 is 1.55 bits per heavy atom. The number of benzene rings is 3. The van der Waals surface area contributed by atoms with Crippen LogP contribution in [-0.2, 0) is 26.7 Å². The van der Waals surface area contributed by atoms with Crippen molar-refractivity contribution in [1.82, 2.24) is 0 Å². The standard InChI is InChI=1S/C32H38FNO7S/c1-42(40,41)19-3-2-4-22-5-15-27(16-6-22)34-30(24-7-11-25(12-8-24)32(39,20-35)21-36)28(31(34)38)17-18-29(37)23-9-13-26(33)14-10-23/h5-16,28-30,35-37,39H,2-4,17-21H2,1H3/t28-,29+,30-/m1/s1. The molecule has 1 saturated heterocycles. The largest absolute Gasteiger partial charge is 0.393 e. The van der Waals surface area contributed by atoms with Crippen LogP contribution < -0.4 is 4.90 Å². The molecule has 3 atom stereocenters. The average Bonchev–Trinajstić information content (AvgIpc) is 2.98. The summed E-state index contributed by atoms with van der Waals surface area (Å²) in [5, 5.41) is 40.3. The lowest BCUT2D eigenvalue weighted by Gasteiger charge is -2.48. The van der Waals surface area contributed by atoms with E-state index in [-0.39, 0.29) is 17.7 Å². The molecule has 226 valence electrons. The maximum absolute atomic E-state index is 13.5. The van der Waals surface area contributed by atoms with E-state index in [9.17, 15) is 38.0 Å². The molecule has 0 aliphatic carbocycles. The summed E-state index contributed by atoms with van der Waals surface area (Å²) in [6.07, 6.45) is 3.08. The number of amides is 1. The normalized spacial score (nSPS) is 18.1. The first kappa shape index (κ1) is 31.8. The van der Waals surface area contributed by atoms with Gasteiger partial charge in [-0.15, -0.1) is 0 Å². The highest BCUT2D eigenvalue weighted by Crippen LogP contribution is 2.46. The lowest BCUT2D eigenvalue weighted by Crippen LogP contribution is -2.55. The van der Waals surface area contributed by atoms with E-state index in [1.54, 1.807) is 29.2 Å². The van der Waals surface area contributed by atoms with Crippen LogP contribution >= 0.6 is 0 Å². The van der Waals surface area contributed by atoms with Crippen LogP contribution in [0.4, 0.5) is 10.1 Å². The smallest absolute Gasteiger partial charge is 0.233 e. The summed E-state index contributed by atoms with van der Waals surface area (Å²) in [6, 6.07) is 19.6. The van der Waals surface area contributed by atoms with Gasteiger partial charge in [0.1, 0.15) is 21.3 Å². The van der Waals surface area contributed by atoms with Crippen molar-refractivity contribution in [3.8, 4) is 0 Å². The maximum atomic E-state index is 13.5. The van der Waals surface area contributed by atoms with Crippen LogP contribution in [0.1, 0.15) is 60.1 Å². The third kappa shape index (κ3) is 7.43. The third-order valence-corrected chi connectivity index (χ3v) is 9.01. The second-order valence-corrected chi connectivity index (χ2v) is 13.4. The molecule has 1 fully saturated rings. The molecule has 1 aliphatic heterocycles. The van der Waals surface area contributed by atoms with Gasteiger partial charge in [0.25, 0.3) is 0 Å². The molecule has 0 spiro atoms. The second-order valence-electron chi connectivity index (χ2n) is 11.1. The van der Waals surface area contributed by atoms with Crippen LogP contribution in [0, 0.1) is 11.7 Å². The van der Waals surface area contributed by atoms with Gasteiger partial charge in [-0.3, -0.25) is 4.79 Å². The Morgan fingerprint density at radius 1 is 0.929 bits per heavy atom. The third-order valence-electron chi connectivity index (χ3n) is 7.98.